The number of hydrogen-bond acceptors (Lipinski definition) is 3. The standard InChI is InChI=1S/C14H25NO3S/c1-12(16)11-13-7-3-2-6-10-15(13)19(17,18)14-8-4-5-9-14/h13-14H,2-11H2,1H3. The van der Waals surface area contributed by atoms with Gasteiger partial charge >= 0.3 is 0 Å². The molecule has 1 atom stereocenters. The summed E-state index contributed by atoms with van der Waals surface area (Å²) in [5.41, 5.74) is 0. The highest BCUT2D eigenvalue weighted by atomic mass is 32.2. The molecule has 5 heteroatoms. The van der Waals surface area contributed by atoms with Gasteiger partial charge in [0.1, 0.15) is 5.78 Å². The van der Waals surface area contributed by atoms with Crippen LogP contribution in [-0.2, 0) is 14.8 Å². The van der Waals surface area contributed by atoms with Crippen molar-refractivity contribution in [3.8, 4) is 0 Å². The van der Waals surface area contributed by atoms with Crippen molar-refractivity contribution >= 4 is 15.8 Å². The van der Waals surface area contributed by atoms with Crippen molar-refractivity contribution < 1.29 is 13.2 Å². The molecule has 110 valence electrons. The molecule has 0 aromatic heterocycles. The van der Waals surface area contributed by atoms with Crippen LogP contribution >= 0.6 is 0 Å². The number of carbonyl (C=O) groups excluding carboxylic acids is 1. The van der Waals surface area contributed by atoms with Crippen LogP contribution in [0.1, 0.15) is 64.7 Å². The van der Waals surface area contributed by atoms with Gasteiger partial charge in [-0.2, -0.15) is 4.31 Å². The van der Waals surface area contributed by atoms with Gasteiger partial charge in [-0.3, -0.25) is 4.79 Å². The van der Waals surface area contributed by atoms with E-state index in [1.807, 2.05) is 0 Å². The summed E-state index contributed by atoms with van der Waals surface area (Å²) in [7, 11) is -3.20. The molecule has 1 aliphatic carbocycles. The van der Waals surface area contributed by atoms with E-state index >= 15 is 0 Å². The fourth-order valence-electron chi connectivity index (χ4n) is 3.40. The minimum absolute atomic E-state index is 0.0920. The largest absolute Gasteiger partial charge is 0.300 e. The maximum Gasteiger partial charge on any atom is 0.217 e. The monoisotopic (exact) mass is 287 g/mol. The SMILES string of the molecule is CC(=O)CC1CCCCCN1S(=O)(=O)C1CCCC1. The topological polar surface area (TPSA) is 54.5 Å². The lowest BCUT2D eigenvalue weighted by Gasteiger charge is -2.31. The van der Waals surface area contributed by atoms with Crippen molar-refractivity contribution in [1.82, 2.24) is 4.31 Å². The second kappa shape index (κ2) is 6.35. The summed E-state index contributed by atoms with van der Waals surface area (Å²) in [6.45, 7) is 2.17. The number of nitrogens with zero attached hydrogens (tertiary/aromatic N) is 1. The normalized spacial score (nSPS) is 27.3. The van der Waals surface area contributed by atoms with Crippen LogP contribution in [0.3, 0.4) is 0 Å². The minimum atomic E-state index is -3.20. The molecule has 1 unspecified atom stereocenters. The summed E-state index contributed by atoms with van der Waals surface area (Å²) in [6, 6.07) is -0.0920. The van der Waals surface area contributed by atoms with Crippen LogP contribution in [0.25, 0.3) is 0 Å². The highest BCUT2D eigenvalue weighted by Gasteiger charge is 2.38. The van der Waals surface area contributed by atoms with Crippen LogP contribution in [0, 0.1) is 0 Å². The summed E-state index contributed by atoms with van der Waals surface area (Å²) < 4.78 is 27.2. The fraction of sp³-hybridized carbons (Fsp3) is 0.929. The van der Waals surface area contributed by atoms with E-state index in [-0.39, 0.29) is 17.1 Å². The average Bonchev–Trinajstić information content (AvgIpc) is 2.77. The summed E-state index contributed by atoms with van der Waals surface area (Å²) in [4.78, 5) is 11.4. The van der Waals surface area contributed by atoms with Gasteiger partial charge in [-0.05, 0) is 32.6 Å². The van der Waals surface area contributed by atoms with E-state index in [0.29, 0.717) is 13.0 Å². The molecule has 0 aromatic rings. The maximum absolute atomic E-state index is 12.7. The highest BCUT2D eigenvalue weighted by molar-refractivity contribution is 7.89. The number of sulfonamides is 1. The molecule has 0 bridgehead atoms. The van der Waals surface area contributed by atoms with Crippen molar-refractivity contribution in [3.63, 3.8) is 0 Å². The van der Waals surface area contributed by atoms with Gasteiger partial charge in [0, 0.05) is 19.0 Å². The van der Waals surface area contributed by atoms with Crippen LogP contribution in [0.5, 0.6) is 0 Å². The lowest BCUT2D eigenvalue weighted by molar-refractivity contribution is -0.117. The first kappa shape index (κ1) is 15.0. The molecule has 1 heterocycles. The lowest BCUT2D eigenvalue weighted by atomic mass is 10.1. The number of hydrogen-bond donors (Lipinski definition) is 0. The molecule has 0 N–H and O–H groups in total. The predicted octanol–water partition coefficient (Wildman–Crippen LogP) is 2.48. The Hall–Kier alpha value is -0.420. The maximum atomic E-state index is 12.7. The Morgan fingerprint density at radius 1 is 1.05 bits per heavy atom. The number of ketones is 1. The molecule has 1 saturated heterocycles. The van der Waals surface area contributed by atoms with Gasteiger partial charge in [-0.25, -0.2) is 8.42 Å². The van der Waals surface area contributed by atoms with Gasteiger partial charge in [0.25, 0.3) is 0 Å². The third-order valence-electron chi connectivity index (χ3n) is 4.40. The molecule has 1 saturated carbocycles. The molecule has 2 rings (SSSR count). The molecule has 0 aromatic carbocycles. The molecule has 2 fully saturated rings. The van der Waals surface area contributed by atoms with Gasteiger partial charge in [0.2, 0.25) is 10.0 Å². The summed E-state index contributed by atoms with van der Waals surface area (Å²) in [5.74, 6) is 0.0959. The van der Waals surface area contributed by atoms with E-state index in [9.17, 15) is 13.2 Å². The predicted molar refractivity (Wildman–Crippen MR) is 75.4 cm³/mol. The molecular formula is C14H25NO3S. The molecule has 1 aliphatic heterocycles. The van der Waals surface area contributed by atoms with E-state index < -0.39 is 10.0 Å². The number of Topliss-reactive ketones (excluding diaryl/α,β-unsaturated/α-hetero) is 1. The van der Waals surface area contributed by atoms with E-state index in [0.717, 1.165) is 51.4 Å². The van der Waals surface area contributed by atoms with Crippen molar-refractivity contribution in [2.75, 3.05) is 6.54 Å². The van der Waals surface area contributed by atoms with E-state index in [2.05, 4.69) is 0 Å². The number of rotatable bonds is 4. The Labute approximate surface area is 116 Å². The highest BCUT2D eigenvalue weighted by Crippen LogP contribution is 2.31. The van der Waals surface area contributed by atoms with Gasteiger partial charge in [0.05, 0.1) is 5.25 Å². The third kappa shape index (κ3) is 3.57. The van der Waals surface area contributed by atoms with Crippen molar-refractivity contribution in [3.05, 3.63) is 0 Å². The van der Waals surface area contributed by atoms with Gasteiger partial charge in [0.15, 0.2) is 0 Å². The fourth-order valence-corrected chi connectivity index (χ4v) is 5.69. The summed E-state index contributed by atoms with van der Waals surface area (Å²) in [5, 5.41) is -0.194. The van der Waals surface area contributed by atoms with E-state index in [4.69, 9.17) is 0 Å². The molecule has 0 spiro atoms. The quantitative estimate of drug-likeness (QED) is 0.798. The second-order valence-electron chi connectivity index (χ2n) is 5.97. The smallest absolute Gasteiger partial charge is 0.217 e. The van der Waals surface area contributed by atoms with Gasteiger partial charge < -0.3 is 0 Å². The Morgan fingerprint density at radius 3 is 2.32 bits per heavy atom. The lowest BCUT2D eigenvalue weighted by Crippen LogP contribution is -2.45. The van der Waals surface area contributed by atoms with Crippen LogP contribution in [0.2, 0.25) is 0 Å². The van der Waals surface area contributed by atoms with Crippen LogP contribution in [-0.4, -0.2) is 36.3 Å². The molecule has 0 radical (unpaired) electrons. The van der Waals surface area contributed by atoms with Gasteiger partial charge in [-0.15, -0.1) is 0 Å². The van der Waals surface area contributed by atoms with Crippen molar-refractivity contribution in [2.24, 2.45) is 0 Å². The molecular weight excluding hydrogens is 262 g/mol. The zero-order valence-electron chi connectivity index (χ0n) is 11.8. The van der Waals surface area contributed by atoms with E-state index in [1.165, 1.54) is 0 Å². The second-order valence-corrected chi connectivity index (χ2v) is 8.14. The molecule has 2 aliphatic rings. The van der Waals surface area contributed by atoms with Gasteiger partial charge in [-0.1, -0.05) is 25.7 Å². The number of carbonyl (C=O) groups is 1. The van der Waals surface area contributed by atoms with Crippen molar-refractivity contribution in [2.45, 2.75) is 76.0 Å². The molecule has 19 heavy (non-hydrogen) atoms. The Balaban J connectivity index is 2.18. The third-order valence-corrected chi connectivity index (χ3v) is 6.84. The van der Waals surface area contributed by atoms with Crippen LogP contribution < -0.4 is 0 Å². The minimum Gasteiger partial charge on any atom is -0.300 e. The average molecular weight is 287 g/mol. The zero-order chi connectivity index (χ0) is 13.9. The summed E-state index contributed by atoms with van der Waals surface area (Å²) >= 11 is 0. The Kier molecular flexibility index (Phi) is 5.01. The first-order valence-electron chi connectivity index (χ1n) is 7.52. The summed E-state index contributed by atoms with van der Waals surface area (Å²) in [6.07, 6.45) is 7.90. The first-order valence-corrected chi connectivity index (χ1v) is 9.02. The Bertz CT molecular complexity index is 412. The van der Waals surface area contributed by atoms with E-state index in [1.54, 1.807) is 11.2 Å². The molecule has 0 amide bonds. The van der Waals surface area contributed by atoms with Crippen LogP contribution in [0.15, 0.2) is 0 Å². The first-order chi connectivity index (χ1) is 9.01. The zero-order valence-corrected chi connectivity index (χ0v) is 12.6. The van der Waals surface area contributed by atoms with Crippen molar-refractivity contribution in [1.29, 1.82) is 0 Å². The molecule has 4 nitrogen and oxygen atoms in total. The van der Waals surface area contributed by atoms with Crippen LogP contribution in [0.4, 0.5) is 0 Å². The Morgan fingerprint density at radius 2 is 1.68 bits per heavy atom.